The van der Waals surface area contributed by atoms with E-state index in [1.807, 2.05) is 36.4 Å². The van der Waals surface area contributed by atoms with Crippen LogP contribution in [-0.4, -0.2) is 11.9 Å². The van der Waals surface area contributed by atoms with E-state index in [2.05, 4.69) is 0 Å². The van der Waals surface area contributed by atoms with E-state index in [-0.39, 0.29) is 17.0 Å². The molecule has 0 fully saturated rings. The third-order valence-electron chi connectivity index (χ3n) is 3.69. The summed E-state index contributed by atoms with van der Waals surface area (Å²) < 4.78 is 7.36. The van der Waals surface area contributed by atoms with Gasteiger partial charge in [0.1, 0.15) is 5.56 Å². The van der Waals surface area contributed by atoms with E-state index in [1.165, 1.54) is 0 Å². The average molecular weight is 413 g/mol. The molecule has 3 rings (SSSR count). The minimum Gasteiger partial charge on any atom is -1.00 e. The Hall–Kier alpha value is -2.99. The van der Waals surface area contributed by atoms with Crippen molar-refractivity contribution in [3.05, 3.63) is 102 Å². The summed E-state index contributed by atoms with van der Waals surface area (Å²) in [6, 6.07) is 21.4. The van der Waals surface area contributed by atoms with Crippen LogP contribution in [0.25, 0.3) is 0 Å². The molecule has 132 valence electrons. The molecule has 3 aromatic rings. The molecule has 1 heterocycles. The summed E-state index contributed by atoms with van der Waals surface area (Å²) in [4.78, 5) is 24.0. The molecule has 0 bridgehead atoms. The molecule has 1 unspecified atom stereocenters. The lowest BCUT2D eigenvalue weighted by atomic mass is 10.1. The Kier molecular flexibility index (Phi) is 6.63. The predicted octanol–water partition coefficient (Wildman–Crippen LogP) is -0.519. The van der Waals surface area contributed by atoms with Crippen molar-refractivity contribution in [2.45, 2.75) is 6.23 Å². The van der Waals surface area contributed by atoms with Crippen LogP contribution in [0.15, 0.2) is 85.2 Å². The fourth-order valence-electron chi connectivity index (χ4n) is 2.45. The van der Waals surface area contributed by atoms with Crippen LogP contribution in [0.5, 0.6) is 0 Å². The molecule has 1 atom stereocenters. The lowest BCUT2D eigenvalue weighted by Crippen LogP contribution is -3.00. The highest BCUT2D eigenvalue weighted by molar-refractivity contribution is 5.92. The van der Waals surface area contributed by atoms with Gasteiger partial charge >= 0.3 is 12.2 Å². The van der Waals surface area contributed by atoms with Crippen molar-refractivity contribution in [3.63, 3.8) is 0 Å². The van der Waals surface area contributed by atoms with Gasteiger partial charge in [-0.15, -0.1) is 0 Å². The molecule has 1 amide bonds. The molecule has 2 N–H and O–H groups in total. The van der Waals surface area contributed by atoms with Gasteiger partial charge in [0, 0.05) is 6.07 Å². The summed E-state index contributed by atoms with van der Waals surface area (Å²) in [5.41, 5.74) is 6.92. The molecule has 5 nitrogen and oxygen atoms in total. The Balaban J connectivity index is 0.00000243. The van der Waals surface area contributed by atoms with Crippen molar-refractivity contribution in [3.8, 4) is 0 Å². The second kappa shape index (κ2) is 8.92. The summed E-state index contributed by atoms with van der Waals surface area (Å²) in [7, 11) is 0. The fourth-order valence-corrected chi connectivity index (χ4v) is 2.45. The SMILES string of the molecule is NC(=O)c1ccc[n+](C(OC(=O)c2ccccc2)c2ccccc2)c1.[Br-]. The molecule has 0 aliphatic heterocycles. The number of nitrogens with two attached hydrogens (primary N) is 1. The van der Waals surface area contributed by atoms with Gasteiger partial charge in [0.15, 0.2) is 12.4 Å². The van der Waals surface area contributed by atoms with Crippen LogP contribution in [0.1, 0.15) is 32.5 Å². The van der Waals surface area contributed by atoms with Crippen LogP contribution in [-0.2, 0) is 4.74 Å². The van der Waals surface area contributed by atoms with E-state index in [9.17, 15) is 9.59 Å². The molecule has 0 aliphatic carbocycles. The van der Waals surface area contributed by atoms with Crippen molar-refractivity contribution in [2.24, 2.45) is 5.73 Å². The highest BCUT2D eigenvalue weighted by Crippen LogP contribution is 2.16. The van der Waals surface area contributed by atoms with Crippen LogP contribution >= 0.6 is 0 Å². The molecular weight excluding hydrogens is 396 g/mol. The number of esters is 1. The molecular formula is C20H17BrN2O3. The molecule has 0 radical (unpaired) electrons. The van der Waals surface area contributed by atoms with Gasteiger partial charge in [-0.2, -0.15) is 4.57 Å². The molecule has 26 heavy (non-hydrogen) atoms. The smallest absolute Gasteiger partial charge is 0.343 e. The highest BCUT2D eigenvalue weighted by Gasteiger charge is 2.26. The van der Waals surface area contributed by atoms with Crippen molar-refractivity contribution in [1.82, 2.24) is 0 Å². The first-order chi connectivity index (χ1) is 12.1. The Morgan fingerprint density at radius 3 is 2.04 bits per heavy atom. The predicted molar refractivity (Wildman–Crippen MR) is 91.6 cm³/mol. The number of carbonyl (C=O) groups excluding carboxylic acids is 2. The molecule has 2 aromatic carbocycles. The van der Waals surface area contributed by atoms with Gasteiger partial charge in [-0.3, -0.25) is 4.79 Å². The van der Waals surface area contributed by atoms with Gasteiger partial charge < -0.3 is 27.5 Å². The number of hydrogen-bond donors (Lipinski definition) is 1. The summed E-state index contributed by atoms with van der Waals surface area (Å²) >= 11 is 0. The highest BCUT2D eigenvalue weighted by atomic mass is 79.9. The van der Waals surface area contributed by atoms with Gasteiger partial charge in [-0.05, 0) is 30.3 Å². The molecule has 0 aliphatic rings. The zero-order valence-electron chi connectivity index (χ0n) is 13.8. The second-order valence-corrected chi connectivity index (χ2v) is 5.44. The van der Waals surface area contributed by atoms with Gasteiger partial charge in [-0.25, -0.2) is 4.79 Å². The van der Waals surface area contributed by atoms with Crippen LogP contribution in [0, 0.1) is 0 Å². The lowest BCUT2D eigenvalue weighted by molar-refractivity contribution is -0.746. The summed E-state index contributed by atoms with van der Waals surface area (Å²) in [5.74, 6) is -0.998. The largest absolute Gasteiger partial charge is 1.00 e. The second-order valence-electron chi connectivity index (χ2n) is 5.44. The number of pyridine rings is 1. The number of ether oxygens (including phenoxy) is 1. The van der Waals surface area contributed by atoms with Crippen LogP contribution in [0.4, 0.5) is 0 Å². The Morgan fingerprint density at radius 1 is 0.846 bits per heavy atom. The number of halogens is 1. The van der Waals surface area contributed by atoms with Crippen LogP contribution in [0.3, 0.4) is 0 Å². The zero-order chi connectivity index (χ0) is 17.6. The Bertz CT molecular complexity index is 886. The molecule has 0 saturated carbocycles. The third kappa shape index (κ3) is 4.55. The molecule has 6 heteroatoms. The maximum atomic E-state index is 12.5. The van der Waals surface area contributed by atoms with Gasteiger partial charge in [0.25, 0.3) is 5.91 Å². The minimum atomic E-state index is -0.715. The number of aromatic nitrogens is 1. The number of benzene rings is 2. The number of hydrogen-bond acceptors (Lipinski definition) is 3. The topological polar surface area (TPSA) is 73.3 Å². The first-order valence-electron chi connectivity index (χ1n) is 7.77. The Morgan fingerprint density at radius 2 is 1.42 bits per heavy atom. The quantitative estimate of drug-likeness (QED) is 0.452. The van der Waals surface area contributed by atoms with E-state index >= 15 is 0 Å². The van der Waals surface area contributed by atoms with E-state index in [1.54, 1.807) is 53.4 Å². The summed E-state index contributed by atoms with van der Waals surface area (Å²) in [6.07, 6.45) is 2.58. The van der Waals surface area contributed by atoms with Crippen molar-refractivity contribution in [1.29, 1.82) is 0 Å². The number of primary amides is 1. The van der Waals surface area contributed by atoms with Crippen LogP contribution in [0.2, 0.25) is 0 Å². The minimum absolute atomic E-state index is 0. The van der Waals surface area contributed by atoms with E-state index in [4.69, 9.17) is 10.5 Å². The van der Waals surface area contributed by atoms with E-state index < -0.39 is 18.1 Å². The molecule has 0 spiro atoms. The number of carbonyl (C=O) groups is 2. The number of rotatable bonds is 5. The van der Waals surface area contributed by atoms with Gasteiger partial charge in [-0.1, -0.05) is 36.4 Å². The molecule has 0 saturated heterocycles. The van der Waals surface area contributed by atoms with Crippen molar-refractivity contribution >= 4 is 11.9 Å². The normalized spacial score (nSPS) is 11.1. The average Bonchev–Trinajstić information content (AvgIpc) is 2.67. The Labute approximate surface area is 161 Å². The first-order valence-corrected chi connectivity index (χ1v) is 7.77. The first kappa shape index (κ1) is 19.3. The summed E-state index contributed by atoms with van der Waals surface area (Å²) in [5, 5.41) is 0. The van der Waals surface area contributed by atoms with Crippen molar-refractivity contribution < 1.29 is 35.9 Å². The number of nitrogens with zero attached hydrogens (tertiary/aromatic N) is 1. The maximum Gasteiger partial charge on any atom is 0.343 e. The molecule has 1 aromatic heterocycles. The van der Waals surface area contributed by atoms with Crippen LogP contribution < -0.4 is 27.3 Å². The van der Waals surface area contributed by atoms with Gasteiger partial charge in [0.2, 0.25) is 0 Å². The number of amides is 1. The fraction of sp³-hybridized carbons (Fsp3) is 0.0500. The zero-order valence-corrected chi connectivity index (χ0v) is 15.4. The van der Waals surface area contributed by atoms with E-state index in [0.717, 1.165) is 5.56 Å². The lowest BCUT2D eigenvalue weighted by Gasteiger charge is -2.14. The van der Waals surface area contributed by atoms with E-state index in [0.29, 0.717) is 11.1 Å². The standard InChI is InChI=1S/C20H16N2O3.BrH/c21-18(23)17-12-7-13-22(14-17)19(15-8-3-1-4-9-15)25-20(24)16-10-5-2-6-11-16;/h1-14,19H,(H-,21,23);1H. The van der Waals surface area contributed by atoms with Crippen molar-refractivity contribution in [2.75, 3.05) is 0 Å². The van der Waals surface area contributed by atoms with Gasteiger partial charge in [0.05, 0.1) is 11.1 Å². The monoisotopic (exact) mass is 412 g/mol. The third-order valence-corrected chi connectivity index (χ3v) is 3.69. The maximum absolute atomic E-state index is 12.5. The summed E-state index contributed by atoms with van der Waals surface area (Å²) in [6.45, 7) is 0.